The number of nitrogens with one attached hydrogen (secondary N) is 1. The summed E-state index contributed by atoms with van der Waals surface area (Å²) < 4.78 is 5.24. The van der Waals surface area contributed by atoms with Gasteiger partial charge in [0.1, 0.15) is 11.6 Å². The summed E-state index contributed by atoms with van der Waals surface area (Å²) in [6, 6.07) is 7.55. The molecule has 0 aliphatic heterocycles. The Labute approximate surface area is 196 Å². The lowest BCUT2D eigenvalue weighted by atomic mass is 10.2. The van der Waals surface area contributed by atoms with Crippen LogP contribution in [0.25, 0.3) is 22.4 Å². The number of anilines is 1. The third-order valence-electron chi connectivity index (χ3n) is 5.44. The molecule has 1 amide bonds. The average Bonchev–Trinajstić information content (AvgIpc) is 3.28. The molecule has 5 aromatic heterocycles. The Hall–Kier alpha value is -3.81. The molecule has 5 heterocycles. The Morgan fingerprint density at radius 1 is 1.12 bits per heavy atom. The molecular weight excluding hydrogens is 458 g/mol. The zero-order valence-corrected chi connectivity index (χ0v) is 18.6. The monoisotopic (exact) mass is 477 g/mol. The normalized spacial score (nSPS) is 13.7. The van der Waals surface area contributed by atoms with Crippen LogP contribution in [-0.4, -0.2) is 56.7 Å². The highest BCUT2D eigenvalue weighted by Gasteiger charge is 2.30. The van der Waals surface area contributed by atoms with Crippen molar-refractivity contribution < 1.29 is 14.9 Å². The minimum Gasteiger partial charge on any atom is -0.309 e. The third kappa shape index (κ3) is 4.11. The van der Waals surface area contributed by atoms with Crippen molar-refractivity contribution in [2.45, 2.75) is 29.6 Å². The quantitative estimate of drug-likeness (QED) is 0.255. The van der Waals surface area contributed by atoms with Gasteiger partial charge in [-0.25, -0.2) is 14.4 Å². The number of fused-ring (bicyclic) bond motifs is 2. The van der Waals surface area contributed by atoms with Crippen molar-refractivity contribution in [3.8, 4) is 11.1 Å². The topological polar surface area (TPSA) is 137 Å². The first-order chi connectivity index (χ1) is 16.7. The number of carbonyl (C=O) groups excluding carboxylic acids is 1. The van der Waals surface area contributed by atoms with Crippen LogP contribution < -0.4 is 5.32 Å². The van der Waals surface area contributed by atoms with Crippen molar-refractivity contribution >= 4 is 34.8 Å². The summed E-state index contributed by atoms with van der Waals surface area (Å²) >= 11 is 1.37. The second-order valence-corrected chi connectivity index (χ2v) is 8.91. The molecule has 2 N–H and O–H groups in total. The highest BCUT2D eigenvalue weighted by atomic mass is 32.2. The second-order valence-electron chi connectivity index (χ2n) is 7.92. The van der Waals surface area contributed by atoms with Gasteiger partial charge in [-0.05, 0) is 48.9 Å². The predicted octanol–water partition coefficient (Wildman–Crippen LogP) is 2.62. The first-order valence-corrected chi connectivity index (χ1v) is 11.5. The number of carbonyl (C=O) groups is 1. The van der Waals surface area contributed by atoms with Crippen molar-refractivity contribution in [3.05, 3.63) is 49.1 Å². The van der Waals surface area contributed by atoms with E-state index in [1.807, 2.05) is 41.1 Å². The molecule has 0 spiro atoms. The molecule has 12 nitrogen and oxygen atoms in total. The minimum absolute atomic E-state index is 0.0102. The molecule has 0 atom stereocenters. The van der Waals surface area contributed by atoms with E-state index < -0.39 is 0 Å². The van der Waals surface area contributed by atoms with Crippen molar-refractivity contribution in [1.29, 1.82) is 0 Å². The van der Waals surface area contributed by atoms with Gasteiger partial charge in [-0.2, -0.15) is 10.2 Å². The lowest BCUT2D eigenvalue weighted by molar-refractivity contribution is -0.244. The van der Waals surface area contributed by atoms with Gasteiger partial charge in [0.2, 0.25) is 11.1 Å². The van der Waals surface area contributed by atoms with E-state index in [0.717, 1.165) is 24.0 Å². The van der Waals surface area contributed by atoms with Crippen LogP contribution in [0.5, 0.6) is 0 Å². The molecule has 1 aliphatic rings. The van der Waals surface area contributed by atoms with Crippen molar-refractivity contribution in [2.24, 2.45) is 5.92 Å². The van der Waals surface area contributed by atoms with Gasteiger partial charge < -0.3 is 5.32 Å². The van der Waals surface area contributed by atoms with Crippen LogP contribution in [0.3, 0.4) is 0 Å². The van der Waals surface area contributed by atoms with Gasteiger partial charge in [-0.3, -0.25) is 19.1 Å². The van der Waals surface area contributed by atoms with Crippen LogP contribution in [0.15, 0.2) is 59.2 Å². The molecule has 0 saturated heterocycles. The average molecular weight is 478 g/mol. The molecule has 1 aliphatic carbocycles. The summed E-state index contributed by atoms with van der Waals surface area (Å²) in [4.78, 5) is 20.5. The van der Waals surface area contributed by atoms with Crippen molar-refractivity contribution in [2.75, 3.05) is 11.9 Å². The molecular formula is C21H19N9O3S. The Kier molecular flexibility index (Phi) is 5.20. The number of rotatable bonds is 8. The molecule has 0 unspecified atom stereocenters. The number of aromatic nitrogens is 8. The number of hydrogen-bond acceptors (Lipinski definition) is 9. The lowest BCUT2D eigenvalue weighted by Crippen LogP contribution is -2.13. The number of nitrogens with zero attached hydrogens (tertiary/aromatic N) is 8. The number of hydrogen-bond donors (Lipinski definition) is 2. The van der Waals surface area contributed by atoms with Crippen LogP contribution in [0, 0.1) is 5.92 Å². The number of amides is 1. The van der Waals surface area contributed by atoms with E-state index in [9.17, 15) is 4.79 Å². The van der Waals surface area contributed by atoms with E-state index in [0.29, 0.717) is 33.8 Å². The van der Waals surface area contributed by atoms with Crippen LogP contribution in [0.1, 0.15) is 12.8 Å². The van der Waals surface area contributed by atoms with Gasteiger partial charge >= 0.3 is 0 Å². The molecule has 172 valence electrons. The molecule has 0 aromatic carbocycles. The van der Waals surface area contributed by atoms with Gasteiger partial charge in [0.05, 0.1) is 18.9 Å². The number of imidazole rings is 1. The summed E-state index contributed by atoms with van der Waals surface area (Å²) in [6.45, 7) is 0.607. The van der Waals surface area contributed by atoms with Crippen molar-refractivity contribution in [3.63, 3.8) is 0 Å². The lowest BCUT2D eigenvalue weighted by Gasteiger charge is -2.03. The SMILES string of the molecule is O=C(Nc1cn2nc(Sc3nnc4ccc(-c5cnn(CCOO)c5)cn34)ccc2n1)C1CC1. The second kappa shape index (κ2) is 8.52. The summed E-state index contributed by atoms with van der Waals surface area (Å²) in [6.07, 6.45) is 9.16. The Bertz CT molecular complexity index is 1500. The molecule has 34 heavy (non-hydrogen) atoms. The smallest absolute Gasteiger partial charge is 0.228 e. The molecule has 1 fully saturated rings. The van der Waals surface area contributed by atoms with Gasteiger partial charge in [0, 0.05) is 29.4 Å². The molecule has 13 heteroatoms. The van der Waals surface area contributed by atoms with E-state index in [1.54, 1.807) is 21.6 Å². The zero-order chi connectivity index (χ0) is 23.1. The van der Waals surface area contributed by atoms with E-state index >= 15 is 0 Å². The summed E-state index contributed by atoms with van der Waals surface area (Å²) in [5.41, 5.74) is 3.22. The Morgan fingerprint density at radius 2 is 2.00 bits per heavy atom. The fraction of sp³-hybridized carbons (Fsp3) is 0.238. The van der Waals surface area contributed by atoms with E-state index in [1.165, 1.54) is 11.8 Å². The third-order valence-corrected chi connectivity index (χ3v) is 6.33. The molecule has 0 bridgehead atoms. The summed E-state index contributed by atoms with van der Waals surface area (Å²) in [5, 5.41) is 30.2. The maximum absolute atomic E-state index is 12.0. The van der Waals surface area contributed by atoms with Crippen LogP contribution >= 0.6 is 11.8 Å². The van der Waals surface area contributed by atoms with E-state index in [4.69, 9.17) is 5.26 Å². The van der Waals surface area contributed by atoms with E-state index in [-0.39, 0.29) is 18.4 Å². The predicted molar refractivity (Wildman–Crippen MR) is 121 cm³/mol. The fourth-order valence-electron chi connectivity index (χ4n) is 3.53. The van der Waals surface area contributed by atoms with Gasteiger partial charge in [-0.1, -0.05) is 0 Å². The molecule has 5 aromatic rings. The Morgan fingerprint density at radius 3 is 2.85 bits per heavy atom. The maximum atomic E-state index is 12.0. The summed E-state index contributed by atoms with van der Waals surface area (Å²) in [7, 11) is 0. The van der Waals surface area contributed by atoms with E-state index in [2.05, 4.69) is 35.6 Å². The minimum atomic E-state index is 0.0102. The highest BCUT2D eigenvalue weighted by molar-refractivity contribution is 7.99. The standard InChI is InChI=1S/C21H19N9O3S/c31-20(13-1-2-13)24-16-12-30-17(23-16)5-6-19(27-30)34-21-26-25-18-4-3-14(11-29(18)21)15-9-22-28(10-15)7-8-33-32/h3-6,9-13,32H,1-2,7-8H2,(H,24,31). The van der Waals surface area contributed by atoms with Gasteiger partial charge in [-0.15, -0.1) is 10.2 Å². The van der Waals surface area contributed by atoms with Crippen molar-refractivity contribution in [1.82, 2.24) is 39.0 Å². The maximum Gasteiger partial charge on any atom is 0.228 e. The fourth-order valence-corrected chi connectivity index (χ4v) is 4.30. The molecule has 6 rings (SSSR count). The molecule has 0 radical (unpaired) electrons. The first-order valence-electron chi connectivity index (χ1n) is 10.7. The molecule has 1 saturated carbocycles. The largest absolute Gasteiger partial charge is 0.309 e. The van der Waals surface area contributed by atoms with Crippen LogP contribution in [0.2, 0.25) is 0 Å². The Balaban J connectivity index is 1.24. The zero-order valence-electron chi connectivity index (χ0n) is 17.8. The first kappa shape index (κ1) is 20.8. The van der Waals surface area contributed by atoms with Crippen LogP contribution in [-0.2, 0) is 16.2 Å². The van der Waals surface area contributed by atoms with Gasteiger partial charge in [0.15, 0.2) is 17.1 Å². The van der Waals surface area contributed by atoms with Crippen LogP contribution in [0.4, 0.5) is 5.82 Å². The van der Waals surface area contributed by atoms with Gasteiger partial charge in [0.25, 0.3) is 0 Å². The highest BCUT2D eigenvalue weighted by Crippen LogP contribution is 2.30. The number of pyridine rings is 1. The summed E-state index contributed by atoms with van der Waals surface area (Å²) in [5.74, 6) is 0.616.